The summed E-state index contributed by atoms with van der Waals surface area (Å²) < 4.78 is 22.8. The van der Waals surface area contributed by atoms with E-state index in [1.165, 1.54) is 12.1 Å². The van der Waals surface area contributed by atoms with Crippen molar-refractivity contribution in [2.45, 2.75) is 30.7 Å². The predicted octanol–water partition coefficient (Wildman–Crippen LogP) is 2.17. The van der Waals surface area contributed by atoms with Gasteiger partial charge in [0.25, 0.3) is 5.91 Å². The molecule has 1 aliphatic rings. The molecule has 0 spiro atoms. The van der Waals surface area contributed by atoms with E-state index >= 15 is 0 Å². The zero-order chi connectivity index (χ0) is 15.1. The SMILES string of the molecule is CCC1CC1NC(=O)c1c(Cl)ccc(S(N)(=O)=O)c1Cl. The van der Waals surface area contributed by atoms with Crippen LogP contribution in [-0.4, -0.2) is 20.4 Å². The number of carbonyl (C=O) groups excluding carboxylic acids is 1. The van der Waals surface area contributed by atoms with Crippen molar-refractivity contribution in [1.82, 2.24) is 5.32 Å². The molecule has 2 unspecified atom stereocenters. The second-order valence-corrected chi connectivity index (χ2v) is 7.08. The van der Waals surface area contributed by atoms with Crippen LogP contribution in [0.25, 0.3) is 0 Å². The highest BCUT2D eigenvalue weighted by atomic mass is 35.5. The molecule has 1 amide bonds. The number of hydrogen-bond donors (Lipinski definition) is 2. The van der Waals surface area contributed by atoms with Gasteiger partial charge in [0.2, 0.25) is 10.0 Å². The van der Waals surface area contributed by atoms with E-state index in [0.29, 0.717) is 5.92 Å². The molecule has 2 rings (SSSR count). The van der Waals surface area contributed by atoms with Crippen molar-refractivity contribution in [3.05, 3.63) is 27.7 Å². The first kappa shape index (κ1) is 15.6. The number of hydrogen-bond acceptors (Lipinski definition) is 3. The molecule has 1 saturated carbocycles. The Morgan fingerprint density at radius 3 is 2.60 bits per heavy atom. The van der Waals surface area contributed by atoms with Crippen molar-refractivity contribution in [2.75, 3.05) is 0 Å². The van der Waals surface area contributed by atoms with Gasteiger partial charge in [-0.2, -0.15) is 0 Å². The molecule has 2 atom stereocenters. The van der Waals surface area contributed by atoms with Crippen LogP contribution in [0, 0.1) is 5.92 Å². The van der Waals surface area contributed by atoms with Gasteiger partial charge in [0.05, 0.1) is 15.6 Å². The van der Waals surface area contributed by atoms with E-state index < -0.39 is 15.9 Å². The van der Waals surface area contributed by atoms with E-state index in [0.717, 1.165) is 12.8 Å². The molecule has 1 aliphatic carbocycles. The lowest BCUT2D eigenvalue weighted by atomic mass is 10.2. The number of nitrogens with two attached hydrogens (primary N) is 1. The van der Waals surface area contributed by atoms with Gasteiger partial charge in [-0.15, -0.1) is 0 Å². The van der Waals surface area contributed by atoms with Gasteiger partial charge < -0.3 is 5.32 Å². The summed E-state index contributed by atoms with van der Waals surface area (Å²) in [6.07, 6.45) is 1.88. The highest BCUT2D eigenvalue weighted by Gasteiger charge is 2.37. The topological polar surface area (TPSA) is 89.3 Å². The Morgan fingerprint density at radius 1 is 1.45 bits per heavy atom. The van der Waals surface area contributed by atoms with Gasteiger partial charge in [-0.25, -0.2) is 13.6 Å². The quantitative estimate of drug-likeness (QED) is 0.882. The van der Waals surface area contributed by atoms with Crippen molar-refractivity contribution in [1.29, 1.82) is 0 Å². The number of halogens is 2. The van der Waals surface area contributed by atoms with Crippen molar-refractivity contribution in [3.8, 4) is 0 Å². The standard InChI is InChI=1S/C12H14Cl2N2O3S/c1-2-6-5-8(6)16-12(17)10-7(13)3-4-9(11(10)14)20(15,18)19/h3-4,6,8H,2,5H2,1H3,(H,16,17)(H2,15,18,19). The maximum atomic E-state index is 12.2. The third-order valence-corrected chi connectivity index (χ3v) is 5.13. The second-order valence-electron chi connectivity index (χ2n) is 4.76. The summed E-state index contributed by atoms with van der Waals surface area (Å²) in [4.78, 5) is 11.9. The van der Waals surface area contributed by atoms with Gasteiger partial charge in [0.1, 0.15) is 4.90 Å². The van der Waals surface area contributed by atoms with E-state index in [9.17, 15) is 13.2 Å². The number of rotatable bonds is 4. The maximum Gasteiger partial charge on any atom is 0.254 e. The highest BCUT2D eigenvalue weighted by Crippen LogP contribution is 2.35. The first-order valence-electron chi connectivity index (χ1n) is 6.07. The second kappa shape index (κ2) is 5.52. The minimum Gasteiger partial charge on any atom is -0.349 e. The molecular formula is C12H14Cl2N2O3S. The Hall–Kier alpha value is -0.820. The lowest BCUT2D eigenvalue weighted by Crippen LogP contribution is -2.28. The molecule has 5 nitrogen and oxygen atoms in total. The first-order valence-corrected chi connectivity index (χ1v) is 8.37. The van der Waals surface area contributed by atoms with Gasteiger partial charge in [0.15, 0.2) is 0 Å². The van der Waals surface area contributed by atoms with Crippen LogP contribution in [0.15, 0.2) is 17.0 Å². The normalized spacial score (nSPS) is 21.6. The van der Waals surface area contributed by atoms with Gasteiger partial charge in [-0.05, 0) is 24.5 Å². The lowest BCUT2D eigenvalue weighted by Gasteiger charge is -2.11. The number of amides is 1. The van der Waals surface area contributed by atoms with E-state index in [-0.39, 0.29) is 26.5 Å². The molecule has 0 heterocycles. The molecule has 0 aliphatic heterocycles. The van der Waals surface area contributed by atoms with E-state index in [2.05, 4.69) is 5.32 Å². The average Bonchev–Trinajstić information content (AvgIpc) is 3.05. The fraction of sp³-hybridized carbons (Fsp3) is 0.417. The van der Waals surface area contributed by atoms with E-state index in [1.807, 2.05) is 6.92 Å². The van der Waals surface area contributed by atoms with E-state index in [4.69, 9.17) is 28.3 Å². The minimum atomic E-state index is -4.01. The van der Waals surface area contributed by atoms with Crippen LogP contribution in [0.4, 0.5) is 0 Å². The molecule has 1 fully saturated rings. The summed E-state index contributed by atoms with van der Waals surface area (Å²) in [6, 6.07) is 2.58. The van der Waals surface area contributed by atoms with Crippen molar-refractivity contribution < 1.29 is 13.2 Å². The molecule has 0 saturated heterocycles. The Labute approximate surface area is 127 Å². The van der Waals surface area contributed by atoms with Crippen LogP contribution in [0.5, 0.6) is 0 Å². The summed E-state index contributed by atoms with van der Waals surface area (Å²) in [5, 5.41) is 7.68. The van der Waals surface area contributed by atoms with Crippen molar-refractivity contribution in [3.63, 3.8) is 0 Å². The molecule has 1 aromatic rings. The monoisotopic (exact) mass is 336 g/mol. The third-order valence-electron chi connectivity index (χ3n) is 3.35. The Bertz CT molecular complexity index is 661. The zero-order valence-corrected chi connectivity index (χ0v) is 13.0. The maximum absolute atomic E-state index is 12.2. The number of nitrogens with one attached hydrogen (secondary N) is 1. The molecular weight excluding hydrogens is 323 g/mol. The number of carbonyl (C=O) groups is 1. The molecule has 8 heteroatoms. The molecule has 110 valence electrons. The molecule has 3 N–H and O–H groups in total. The van der Waals surface area contributed by atoms with Gasteiger partial charge in [-0.1, -0.05) is 36.5 Å². The molecule has 0 radical (unpaired) electrons. The Morgan fingerprint density at radius 2 is 2.10 bits per heavy atom. The van der Waals surface area contributed by atoms with Crippen LogP contribution >= 0.6 is 23.2 Å². The summed E-state index contributed by atoms with van der Waals surface area (Å²) >= 11 is 11.9. The fourth-order valence-corrected chi connectivity index (χ4v) is 3.55. The summed E-state index contributed by atoms with van der Waals surface area (Å²) in [5.74, 6) is -0.0237. The number of sulfonamides is 1. The van der Waals surface area contributed by atoms with Crippen LogP contribution in [0.2, 0.25) is 10.0 Å². The van der Waals surface area contributed by atoms with Gasteiger partial charge in [0, 0.05) is 6.04 Å². The summed E-state index contributed by atoms with van der Waals surface area (Å²) in [6.45, 7) is 2.04. The predicted molar refractivity (Wildman–Crippen MR) is 77.5 cm³/mol. The molecule has 1 aromatic carbocycles. The van der Waals surface area contributed by atoms with Crippen LogP contribution < -0.4 is 10.5 Å². The lowest BCUT2D eigenvalue weighted by molar-refractivity contribution is 0.0949. The zero-order valence-electron chi connectivity index (χ0n) is 10.7. The Balaban J connectivity index is 2.34. The summed E-state index contributed by atoms with van der Waals surface area (Å²) in [5.41, 5.74) is -0.0541. The molecule has 0 bridgehead atoms. The van der Waals surface area contributed by atoms with Crippen LogP contribution in [0.3, 0.4) is 0 Å². The van der Waals surface area contributed by atoms with Gasteiger partial charge in [-0.3, -0.25) is 4.79 Å². The average molecular weight is 337 g/mol. The number of benzene rings is 1. The number of primary sulfonamides is 1. The van der Waals surface area contributed by atoms with Crippen LogP contribution in [-0.2, 0) is 10.0 Å². The van der Waals surface area contributed by atoms with Crippen molar-refractivity contribution >= 4 is 39.1 Å². The molecule has 20 heavy (non-hydrogen) atoms. The fourth-order valence-electron chi connectivity index (χ4n) is 2.08. The third kappa shape index (κ3) is 3.09. The van der Waals surface area contributed by atoms with E-state index in [1.54, 1.807) is 0 Å². The van der Waals surface area contributed by atoms with Crippen molar-refractivity contribution in [2.24, 2.45) is 11.1 Å². The summed E-state index contributed by atoms with van der Waals surface area (Å²) in [7, 11) is -4.01. The largest absolute Gasteiger partial charge is 0.349 e. The van der Waals surface area contributed by atoms with Crippen LogP contribution in [0.1, 0.15) is 30.1 Å². The Kier molecular flexibility index (Phi) is 4.30. The van der Waals surface area contributed by atoms with Gasteiger partial charge >= 0.3 is 0 Å². The first-order chi connectivity index (χ1) is 9.25. The smallest absolute Gasteiger partial charge is 0.254 e. The molecule has 0 aromatic heterocycles. The highest BCUT2D eigenvalue weighted by molar-refractivity contribution is 7.89. The minimum absolute atomic E-state index is 0.0541.